The van der Waals surface area contributed by atoms with E-state index in [0.717, 1.165) is 0 Å². The summed E-state index contributed by atoms with van der Waals surface area (Å²) in [5.41, 5.74) is 5.75. The van der Waals surface area contributed by atoms with E-state index in [9.17, 15) is 13.2 Å². The summed E-state index contributed by atoms with van der Waals surface area (Å²) in [5, 5.41) is 2.06. The second-order valence-corrected chi connectivity index (χ2v) is 2.54. The minimum atomic E-state index is -4.28. The number of nitrogens with zero attached hydrogens (tertiary/aromatic N) is 2. The van der Waals surface area contributed by atoms with Gasteiger partial charge in [0.25, 0.3) is 0 Å². The van der Waals surface area contributed by atoms with E-state index in [2.05, 4.69) is 15.3 Å². The monoisotopic (exact) mass is 206 g/mol. The summed E-state index contributed by atoms with van der Waals surface area (Å²) in [5.74, 6) is -0.0646. The molecule has 3 N–H and O–H groups in total. The number of nitrogens with one attached hydrogen (secondary N) is 1. The van der Waals surface area contributed by atoms with Crippen LogP contribution in [0.2, 0.25) is 0 Å². The minimum Gasteiger partial charge on any atom is -0.345 e. The fraction of sp³-hybridized carbons (Fsp3) is 0.429. The van der Waals surface area contributed by atoms with E-state index in [0.29, 0.717) is 5.69 Å². The van der Waals surface area contributed by atoms with Gasteiger partial charge < -0.3 is 11.1 Å². The molecule has 0 aliphatic heterocycles. The standard InChI is InChI=1S/C7H9F3N4/c8-7(9,10)4-13-6-12-2-1-5(3-11)14-6/h1-2H,3-4,11H2,(H,12,13,14). The van der Waals surface area contributed by atoms with Crippen LogP contribution in [0.4, 0.5) is 19.1 Å². The third kappa shape index (κ3) is 3.56. The number of halogens is 3. The molecule has 4 nitrogen and oxygen atoms in total. The van der Waals surface area contributed by atoms with E-state index < -0.39 is 12.7 Å². The smallest absolute Gasteiger partial charge is 0.345 e. The molecule has 0 saturated heterocycles. The second kappa shape index (κ2) is 4.23. The Morgan fingerprint density at radius 2 is 2.14 bits per heavy atom. The van der Waals surface area contributed by atoms with E-state index in [1.807, 2.05) is 0 Å². The maximum absolute atomic E-state index is 11.8. The van der Waals surface area contributed by atoms with Crippen molar-refractivity contribution in [3.8, 4) is 0 Å². The number of anilines is 1. The van der Waals surface area contributed by atoms with Gasteiger partial charge in [-0.15, -0.1) is 0 Å². The topological polar surface area (TPSA) is 63.8 Å². The molecule has 1 aromatic rings. The summed E-state index contributed by atoms with van der Waals surface area (Å²) in [6.45, 7) is -0.982. The number of nitrogens with two attached hydrogens (primary N) is 1. The van der Waals surface area contributed by atoms with Crippen LogP contribution in [0.15, 0.2) is 12.3 Å². The molecule has 0 unspecified atom stereocenters. The zero-order valence-corrected chi connectivity index (χ0v) is 7.17. The van der Waals surface area contributed by atoms with E-state index in [1.54, 1.807) is 6.07 Å². The summed E-state index contributed by atoms with van der Waals surface area (Å²) in [7, 11) is 0. The quantitative estimate of drug-likeness (QED) is 0.771. The molecule has 1 heterocycles. The van der Waals surface area contributed by atoms with Gasteiger partial charge in [0, 0.05) is 12.7 Å². The summed E-state index contributed by atoms with van der Waals surface area (Å²) >= 11 is 0. The van der Waals surface area contributed by atoms with Gasteiger partial charge in [-0.05, 0) is 6.07 Å². The normalized spacial score (nSPS) is 11.4. The van der Waals surface area contributed by atoms with Gasteiger partial charge in [0.05, 0.1) is 5.69 Å². The lowest BCUT2D eigenvalue weighted by Crippen LogP contribution is -2.22. The molecule has 0 spiro atoms. The van der Waals surface area contributed by atoms with Crippen LogP contribution in [0, 0.1) is 0 Å². The zero-order valence-electron chi connectivity index (χ0n) is 7.17. The molecule has 14 heavy (non-hydrogen) atoms. The Balaban J connectivity index is 2.59. The molecule has 0 radical (unpaired) electrons. The van der Waals surface area contributed by atoms with Gasteiger partial charge in [-0.3, -0.25) is 0 Å². The van der Waals surface area contributed by atoms with Crippen LogP contribution in [0.1, 0.15) is 5.69 Å². The van der Waals surface area contributed by atoms with Crippen molar-refractivity contribution in [3.63, 3.8) is 0 Å². The lowest BCUT2D eigenvalue weighted by molar-refractivity contribution is -0.115. The average Bonchev–Trinajstić information content (AvgIpc) is 2.14. The van der Waals surface area contributed by atoms with E-state index in [4.69, 9.17) is 5.73 Å². The van der Waals surface area contributed by atoms with E-state index in [-0.39, 0.29) is 12.5 Å². The van der Waals surface area contributed by atoms with Gasteiger partial charge in [-0.25, -0.2) is 9.97 Å². The molecule has 1 aromatic heterocycles. The predicted molar refractivity (Wildman–Crippen MR) is 44.5 cm³/mol. The molecule has 0 fully saturated rings. The van der Waals surface area contributed by atoms with Crippen molar-refractivity contribution in [2.24, 2.45) is 5.73 Å². The van der Waals surface area contributed by atoms with Crippen LogP contribution in [0.5, 0.6) is 0 Å². The fourth-order valence-electron chi connectivity index (χ4n) is 0.774. The first-order valence-electron chi connectivity index (χ1n) is 3.84. The van der Waals surface area contributed by atoms with Crippen molar-refractivity contribution < 1.29 is 13.2 Å². The molecule has 0 saturated carbocycles. The average molecular weight is 206 g/mol. The van der Waals surface area contributed by atoms with Gasteiger partial charge in [-0.1, -0.05) is 0 Å². The maximum atomic E-state index is 11.8. The highest BCUT2D eigenvalue weighted by Crippen LogP contribution is 2.14. The first kappa shape index (κ1) is 10.7. The van der Waals surface area contributed by atoms with Crippen molar-refractivity contribution in [2.75, 3.05) is 11.9 Å². The molecule has 7 heteroatoms. The van der Waals surface area contributed by atoms with Crippen LogP contribution in [-0.4, -0.2) is 22.7 Å². The lowest BCUT2D eigenvalue weighted by atomic mass is 10.4. The minimum absolute atomic E-state index is 0.0646. The lowest BCUT2D eigenvalue weighted by Gasteiger charge is -2.08. The summed E-state index contributed by atoms with van der Waals surface area (Å²) in [6.07, 6.45) is -2.92. The first-order chi connectivity index (χ1) is 6.51. The fourth-order valence-corrected chi connectivity index (χ4v) is 0.774. The molecule has 0 aliphatic rings. The Bertz CT molecular complexity index is 299. The van der Waals surface area contributed by atoms with Crippen LogP contribution >= 0.6 is 0 Å². The van der Waals surface area contributed by atoms with Gasteiger partial charge >= 0.3 is 6.18 Å². The maximum Gasteiger partial charge on any atom is 0.405 e. The van der Waals surface area contributed by atoms with Gasteiger partial charge in [0.15, 0.2) is 0 Å². The van der Waals surface area contributed by atoms with Crippen molar-refractivity contribution in [1.29, 1.82) is 0 Å². The SMILES string of the molecule is NCc1ccnc(NCC(F)(F)F)n1. The van der Waals surface area contributed by atoms with Crippen molar-refractivity contribution in [1.82, 2.24) is 9.97 Å². The molecular weight excluding hydrogens is 197 g/mol. The molecule has 0 atom stereocenters. The van der Waals surface area contributed by atoms with Crippen molar-refractivity contribution in [2.45, 2.75) is 12.7 Å². The molecule has 0 aliphatic carbocycles. The highest BCUT2D eigenvalue weighted by molar-refractivity contribution is 5.25. The molecule has 0 bridgehead atoms. The number of hydrogen-bond donors (Lipinski definition) is 2. The second-order valence-electron chi connectivity index (χ2n) is 2.54. The Hall–Kier alpha value is -1.37. The van der Waals surface area contributed by atoms with Crippen LogP contribution in [0.25, 0.3) is 0 Å². The first-order valence-corrected chi connectivity index (χ1v) is 3.84. The van der Waals surface area contributed by atoms with E-state index in [1.165, 1.54) is 6.20 Å². The largest absolute Gasteiger partial charge is 0.405 e. The third-order valence-corrected chi connectivity index (χ3v) is 1.37. The highest BCUT2D eigenvalue weighted by atomic mass is 19.4. The Labute approximate surface area is 78.4 Å². The van der Waals surface area contributed by atoms with Crippen LogP contribution in [-0.2, 0) is 6.54 Å². The Morgan fingerprint density at radius 1 is 1.43 bits per heavy atom. The van der Waals surface area contributed by atoms with Crippen LogP contribution < -0.4 is 11.1 Å². The summed E-state index contributed by atoms with van der Waals surface area (Å²) in [6, 6.07) is 1.54. The van der Waals surface area contributed by atoms with E-state index >= 15 is 0 Å². The Morgan fingerprint density at radius 3 is 2.71 bits per heavy atom. The molecule has 78 valence electrons. The number of rotatable bonds is 3. The summed E-state index contributed by atoms with van der Waals surface area (Å²) < 4.78 is 35.3. The Kier molecular flexibility index (Phi) is 3.23. The van der Waals surface area contributed by atoms with Gasteiger partial charge in [-0.2, -0.15) is 13.2 Å². The third-order valence-electron chi connectivity index (χ3n) is 1.37. The number of hydrogen-bond acceptors (Lipinski definition) is 4. The zero-order chi connectivity index (χ0) is 10.6. The van der Waals surface area contributed by atoms with Crippen molar-refractivity contribution >= 4 is 5.95 Å². The predicted octanol–water partition coefficient (Wildman–Crippen LogP) is 0.910. The van der Waals surface area contributed by atoms with Crippen molar-refractivity contribution in [3.05, 3.63) is 18.0 Å². The molecule has 0 aromatic carbocycles. The highest BCUT2D eigenvalue weighted by Gasteiger charge is 2.26. The van der Waals surface area contributed by atoms with Gasteiger partial charge in [0.2, 0.25) is 5.95 Å². The summed E-state index contributed by atoms with van der Waals surface area (Å²) in [4.78, 5) is 7.36. The molecular formula is C7H9F3N4. The molecule has 0 amide bonds. The number of alkyl halides is 3. The molecule has 1 rings (SSSR count). The number of aromatic nitrogens is 2. The van der Waals surface area contributed by atoms with Crippen LogP contribution in [0.3, 0.4) is 0 Å². The van der Waals surface area contributed by atoms with Gasteiger partial charge in [0.1, 0.15) is 6.54 Å².